The number of fused-ring (bicyclic) bond motifs is 1. The fraction of sp³-hybridized carbons (Fsp3) is 0.200. The molecule has 5 heteroatoms. The molecule has 0 aliphatic heterocycles. The summed E-state index contributed by atoms with van der Waals surface area (Å²) in [7, 11) is 0. The van der Waals surface area contributed by atoms with Crippen molar-refractivity contribution >= 4 is 17.1 Å². The van der Waals surface area contributed by atoms with E-state index in [2.05, 4.69) is 5.10 Å². The van der Waals surface area contributed by atoms with Gasteiger partial charge in [-0.2, -0.15) is 10.4 Å². The van der Waals surface area contributed by atoms with E-state index in [4.69, 9.17) is 16.9 Å². The van der Waals surface area contributed by atoms with Gasteiger partial charge in [0.25, 0.3) is 0 Å². The summed E-state index contributed by atoms with van der Waals surface area (Å²) in [4.78, 5) is 0. The summed E-state index contributed by atoms with van der Waals surface area (Å²) in [6.45, 7) is 1.86. The summed E-state index contributed by atoms with van der Waals surface area (Å²) < 4.78 is 1.46. The molecule has 0 unspecified atom stereocenters. The molecule has 0 bridgehead atoms. The minimum Gasteiger partial charge on any atom is -0.506 e. The largest absolute Gasteiger partial charge is 0.506 e. The molecular formula is C10H8ClN3O. The van der Waals surface area contributed by atoms with Crippen LogP contribution in [-0.2, 0) is 6.42 Å². The van der Waals surface area contributed by atoms with Gasteiger partial charge in [0, 0.05) is 5.56 Å². The van der Waals surface area contributed by atoms with Gasteiger partial charge in [0.2, 0.25) is 0 Å². The monoisotopic (exact) mass is 221 g/mol. The molecule has 2 rings (SSSR count). The highest BCUT2D eigenvalue weighted by Gasteiger charge is 2.17. The number of aromatic hydroxyl groups is 1. The molecule has 0 fully saturated rings. The summed E-state index contributed by atoms with van der Waals surface area (Å²) in [5.74, 6) is -0.0435. The number of rotatable bonds is 1. The van der Waals surface area contributed by atoms with Crippen molar-refractivity contribution in [2.75, 3.05) is 0 Å². The lowest BCUT2D eigenvalue weighted by atomic mass is 10.1. The van der Waals surface area contributed by atoms with Crippen LogP contribution in [0.1, 0.15) is 18.1 Å². The van der Waals surface area contributed by atoms with E-state index in [0.717, 1.165) is 0 Å². The first-order valence-corrected chi connectivity index (χ1v) is 4.85. The Hall–Kier alpha value is -1.73. The van der Waals surface area contributed by atoms with Gasteiger partial charge in [-0.1, -0.05) is 18.5 Å². The predicted octanol–water partition coefficient (Wildman–Crippen LogP) is 2.13. The van der Waals surface area contributed by atoms with E-state index < -0.39 is 0 Å². The number of hydrogen-bond acceptors (Lipinski definition) is 3. The highest BCUT2D eigenvalue weighted by Crippen LogP contribution is 2.32. The Balaban J connectivity index is 2.99. The molecule has 0 aromatic carbocycles. The molecule has 4 nitrogen and oxygen atoms in total. The normalized spacial score (nSPS) is 10.5. The maximum absolute atomic E-state index is 9.84. The second kappa shape index (κ2) is 3.44. The fourth-order valence-electron chi connectivity index (χ4n) is 1.57. The van der Waals surface area contributed by atoms with Crippen LogP contribution in [0.4, 0.5) is 0 Å². The van der Waals surface area contributed by atoms with Crippen molar-refractivity contribution < 1.29 is 5.11 Å². The van der Waals surface area contributed by atoms with Crippen molar-refractivity contribution in [3.8, 4) is 11.8 Å². The van der Waals surface area contributed by atoms with E-state index in [1.807, 2.05) is 13.0 Å². The quantitative estimate of drug-likeness (QED) is 0.751. The van der Waals surface area contributed by atoms with Crippen molar-refractivity contribution in [3.63, 3.8) is 0 Å². The smallest absolute Gasteiger partial charge is 0.141 e. The third-order valence-corrected chi connectivity index (χ3v) is 2.71. The van der Waals surface area contributed by atoms with Crippen molar-refractivity contribution in [2.45, 2.75) is 13.3 Å². The van der Waals surface area contributed by atoms with Crippen LogP contribution >= 0.6 is 11.6 Å². The van der Waals surface area contributed by atoms with Gasteiger partial charge in [0.1, 0.15) is 22.5 Å². The zero-order chi connectivity index (χ0) is 11.0. The lowest BCUT2D eigenvalue weighted by molar-refractivity contribution is 0.466. The number of hydrogen-bond donors (Lipinski definition) is 1. The van der Waals surface area contributed by atoms with E-state index in [9.17, 15) is 5.11 Å². The highest BCUT2D eigenvalue weighted by molar-refractivity contribution is 6.30. The molecule has 2 heterocycles. The average Bonchev–Trinajstić information content (AvgIpc) is 2.68. The Kier molecular flexibility index (Phi) is 2.25. The maximum Gasteiger partial charge on any atom is 0.141 e. The van der Waals surface area contributed by atoms with Crippen LogP contribution in [0.5, 0.6) is 5.75 Å². The van der Waals surface area contributed by atoms with Gasteiger partial charge < -0.3 is 5.11 Å². The molecule has 2 aromatic rings. The Bertz CT molecular complexity index is 568. The van der Waals surface area contributed by atoms with Crippen molar-refractivity contribution in [1.29, 1.82) is 5.26 Å². The average molecular weight is 222 g/mol. The minimum atomic E-state index is -0.0435. The van der Waals surface area contributed by atoms with Crippen molar-refractivity contribution in [1.82, 2.24) is 9.61 Å². The van der Waals surface area contributed by atoms with Crippen LogP contribution in [-0.4, -0.2) is 14.7 Å². The lowest BCUT2D eigenvalue weighted by Crippen LogP contribution is -1.98. The van der Waals surface area contributed by atoms with Gasteiger partial charge in [0.05, 0.1) is 11.7 Å². The first-order valence-electron chi connectivity index (χ1n) is 4.47. The summed E-state index contributed by atoms with van der Waals surface area (Å²) in [5, 5.41) is 23.1. The summed E-state index contributed by atoms with van der Waals surface area (Å²) in [5.41, 5.74) is 1.29. The lowest BCUT2D eigenvalue weighted by Gasteiger charge is -2.08. The molecule has 0 spiro atoms. The molecule has 15 heavy (non-hydrogen) atoms. The molecule has 0 amide bonds. The first-order chi connectivity index (χ1) is 7.20. The Morgan fingerprint density at radius 2 is 2.40 bits per heavy atom. The minimum absolute atomic E-state index is 0.0435. The maximum atomic E-state index is 9.84. The zero-order valence-electron chi connectivity index (χ0n) is 8.03. The molecule has 0 radical (unpaired) electrons. The molecule has 2 aromatic heterocycles. The molecule has 0 aliphatic carbocycles. The van der Waals surface area contributed by atoms with Gasteiger partial charge >= 0.3 is 0 Å². The third-order valence-electron chi connectivity index (χ3n) is 2.32. The van der Waals surface area contributed by atoms with Crippen LogP contribution in [0.3, 0.4) is 0 Å². The summed E-state index contributed by atoms with van der Waals surface area (Å²) >= 11 is 6.05. The second-order valence-electron chi connectivity index (χ2n) is 3.09. The Labute approximate surface area is 91.3 Å². The summed E-state index contributed by atoms with van der Waals surface area (Å²) in [6, 6.07) is 3.60. The van der Waals surface area contributed by atoms with Crippen LogP contribution in [0.25, 0.3) is 5.52 Å². The van der Waals surface area contributed by atoms with Gasteiger partial charge in [0.15, 0.2) is 0 Å². The molecule has 0 aliphatic rings. The Morgan fingerprint density at radius 3 is 3.00 bits per heavy atom. The second-order valence-corrected chi connectivity index (χ2v) is 3.44. The standard InChI is InChI=1S/C10H8ClN3O/c1-2-6-9(15)7(5-12)8-3-4-13-14(8)10(6)11/h3-4,15H,2H2,1H3. The summed E-state index contributed by atoms with van der Waals surface area (Å²) in [6.07, 6.45) is 2.09. The Morgan fingerprint density at radius 1 is 1.67 bits per heavy atom. The fourth-order valence-corrected chi connectivity index (χ4v) is 1.93. The van der Waals surface area contributed by atoms with Crippen LogP contribution in [0, 0.1) is 11.3 Å². The number of nitrogens with zero attached hydrogens (tertiary/aromatic N) is 3. The molecule has 76 valence electrons. The number of pyridine rings is 1. The first kappa shape index (κ1) is 9.81. The molecule has 0 saturated heterocycles. The topological polar surface area (TPSA) is 61.3 Å². The van der Waals surface area contributed by atoms with Crippen LogP contribution in [0.2, 0.25) is 5.15 Å². The number of nitriles is 1. The van der Waals surface area contributed by atoms with E-state index >= 15 is 0 Å². The van der Waals surface area contributed by atoms with Crippen LogP contribution in [0.15, 0.2) is 12.3 Å². The van der Waals surface area contributed by atoms with Gasteiger partial charge in [-0.15, -0.1) is 0 Å². The third kappa shape index (κ3) is 1.24. The van der Waals surface area contributed by atoms with Gasteiger partial charge in [-0.25, -0.2) is 4.52 Å². The molecule has 1 N–H and O–H groups in total. The number of halogens is 1. The SMILES string of the molecule is CCc1c(O)c(C#N)c2ccnn2c1Cl. The molecule has 0 atom stereocenters. The zero-order valence-corrected chi connectivity index (χ0v) is 8.78. The highest BCUT2D eigenvalue weighted by atomic mass is 35.5. The van der Waals surface area contributed by atoms with E-state index in [1.54, 1.807) is 12.3 Å². The van der Waals surface area contributed by atoms with E-state index in [1.165, 1.54) is 4.52 Å². The van der Waals surface area contributed by atoms with Gasteiger partial charge in [-0.05, 0) is 12.5 Å². The van der Waals surface area contributed by atoms with Crippen molar-refractivity contribution in [3.05, 3.63) is 28.5 Å². The van der Waals surface area contributed by atoms with Crippen LogP contribution < -0.4 is 0 Å². The van der Waals surface area contributed by atoms with E-state index in [0.29, 0.717) is 22.7 Å². The van der Waals surface area contributed by atoms with E-state index in [-0.39, 0.29) is 11.3 Å². The van der Waals surface area contributed by atoms with Crippen molar-refractivity contribution in [2.24, 2.45) is 0 Å². The molecule has 0 saturated carbocycles. The predicted molar refractivity (Wildman–Crippen MR) is 56.0 cm³/mol. The molecular weight excluding hydrogens is 214 g/mol. The van der Waals surface area contributed by atoms with Gasteiger partial charge in [-0.3, -0.25) is 0 Å². The number of aromatic nitrogens is 2.